The summed E-state index contributed by atoms with van der Waals surface area (Å²) in [5.41, 5.74) is -0.219. The number of nitrogens with zero attached hydrogens (tertiary/aromatic N) is 5. The summed E-state index contributed by atoms with van der Waals surface area (Å²) in [5, 5.41) is -0.382. The molecule has 35 heavy (non-hydrogen) atoms. The number of hydrogen-bond donors (Lipinski definition) is 0. The highest BCUT2D eigenvalue weighted by Gasteiger charge is 2.52. The van der Waals surface area contributed by atoms with Crippen LogP contribution in [0, 0.1) is 5.82 Å². The largest absolute Gasteiger partial charge is 0.444 e. The molecule has 0 N–H and O–H groups in total. The zero-order valence-corrected chi connectivity index (χ0v) is 22.0. The molecule has 3 aliphatic rings. The van der Waals surface area contributed by atoms with Crippen molar-refractivity contribution in [3.63, 3.8) is 0 Å². The quantitative estimate of drug-likeness (QED) is 0.426. The third kappa shape index (κ3) is 3.91. The van der Waals surface area contributed by atoms with E-state index in [1.165, 1.54) is 6.92 Å². The lowest BCUT2D eigenvalue weighted by atomic mass is 9.92. The number of carbonyl (C=O) groups is 1. The molecule has 190 valence electrons. The molecule has 0 spiro atoms. The van der Waals surface area contributed by atoms with Crippen LogP contribution in [0.25, 0.3) is 10.9 Å². The lowest BCUT2D eigenvalue weighted by Gasteiger charge is -2.47. The van der Waals surface area contributed by atoms with Crippen LogP contribution in [0.1, 0.15) is 65.5 Å². The van der Waals surface area contributed by atoms with E-state index in [1.807, 2.05) is 37.5 Å². The minimum Gasteiger partial charge on any atom is -0.444 e. The van der Waals surface area contributed by atoms with Gasteiger partial charge in [0.2, 0.25) is 15.0 Å². The van der Waals surface area contributed by atoms with Crippen LogP contribution in [0.4, 0.5) is 15.0 Å². The van der Waals surface area contributed by atoms with Gasteiger partial charge in [0.1, 0.15) is 16.9 Å². The standard InChI is InChI=1S/C23H29ClFN5O4S/c1-6-35(32,33)21-27-18-15-17(26-19(24)16(18)25)11(2)9-14-13-8-7-12(10-29(14)20(15)28-21)30(13)22(31)34-23(3,4)5/h11-14H,6-10H2,1-5H3/t11-,12-,13+,14+/m1/s1. The average molecular weight is 526 g/mol. The molecule has 2 aromatic rings. The number of amides is 1. The number of aromatic nitrogens is 3. The summed E-state index contributed by atoms with van der Waals surface area (Å²) >= 11 is 6.13. The van der Waals surface area contributed by atoms with Gasteiger partial charge in [-0.05, 0) is 40.0 Å². The maximum atomic E-state index is 15.2. The number of carbonyl (C=O) groups excluding carboxylic acids is 1. The molecule has 3 aliphatic heterocycles. The fraction of sp³-hybridized carbons (Fsp3) is 0.652. The van der Waals surface area contributed by atoms with Crippen molar-refractivity contribution in [1.82, 2.24) is 19.9 Å². The van der Waals surface area contributed by atoms with Gasteiger partial charge in [0.25, 0.3) is 0 Å². The fourth-order valence-electron chi connectivity index (χ4n) is 5.60. The lowest BCUT2D eigenvalue weighted by Crippen LogP contribution is -2.62. The molecule has 1 amide bonds. The third-order valence-electron chi connectivity index (χ3n) is 7.13. The lowest BCUT2D eigenvalue weighted by molar-refractivity contribution is 0.00693. The molecular formula is C23H29ClFN5O4S. The summed E-state index contributed by atoms with van der Waals surface area (Å²) < 4.78 is 46.4. The summed E-state index contributed by atoms with van der Waals surface area (Å²) in [4.78, 5) is 30.0. The van der Waals surface area contributed by atoms with Gasteiger partial charge in [0, 0.05) is 12.5 Å². The van der Waals surface area contributed by atoms with Gasteiger partial charge in [-0.25, -0.2) is 32.6 Å². The molecule has 2 bridgehead atoms. The van der Waals surface area contributed by atoms with Gasteiger partial charge >= 0.3 is 6.09 Å². The van der Waals surface area contributed by atoms with E-state index in [1.54, 1.807) is 0 Å². The van der Waals surface area contributed by atoms with Gasteiger partial charge in [0.05, 0.1) is 35.0 Å². The first kappa shape index (κ1) is 24.4. The SMILES string of the molecule is CCS(=O)(=O)c1nc2c3c(nc(Cl)c(F)c3n1)[C@H](C)C[C@H]1[C@@H]3CC[C@H](CN21)N3C(=O)OC(C)(C)C. The minimum absolute atomic E-state index is 0.133. The van der Waals surface area contributed by atoms with E-state index in [0.717, 1.165) is 12.8 Å². The molecule has 12 heteroatoms. The Labute approximate surface area is 208 Å². The van der Waals surface area contributed by atoms with Crippen LogP contribution in [0.3, 0.4) is 0 Å². The molecule has 0 aromatic carbocycles. The molecule has 0 radical (unpaired) electrons. The average Bonchev–Trinajstić information content (AvgIpc) is 3.06. The van der Waals surface area contributed by atoms with Gasteiger partial charge in [-0.1, -0.05) is 25.4 Å². The summed E-state index contributed by atoms with van der Waals surface area (Å²) in [7, 11) is -3.82. The van der Waals surface area contributed by atoms with Crippen LogP contribution < -0.4 is 4.90 Å². The third-order valence-corrected chi connectivity index (χ3v) is 8.88. The Morgan fingerprint density at radius 2 is 1.91 bits per heavy atom. The topological polar surface area (TPSA) is 106 Å². The molecule has 5 heterocycles. The maximum Gasteiger partial charge on any atom is 0.410 e. The molecule has 9 nitrogen and oxygen atoms in total. The number of sulfone groups is 1. The minimum atomic E-state index is -3.82. The second-order valence-corrected chi connectivity index (χ2v) is 13.1. The highest BCUT2D eigenvalue weighted by Crippen LogP contribution is 2.46. The predicted octanol–water partition coefficient (Wildman–Crippen LogP) is 4.07. The molecular weight excluding hydrogens is 497 g/mol. The van der Waals surface area contributed by atoms with Crippen molar-refractivity contribution >= 4 is 44.3 Å². The Morgan fingerprint density at radius 3 is 2.57 bits per heavy atom. The molecule has 2 fully saturated rings. The van der Waals surface area contributed by atoms with Crippen molar-refractivity contribution in [3.8, 4) is 0 Å². The summed E-state index contributed by atoms with van der Waals surface area (Å²) in [6.45, 7) is 9.40. The summed E-state index contributed by atoms with van der Waals surface area (Å²) in [5.74, 6) is -0.889. The molecule has 0 aliphatic carbocycles. The van der Waals surface area contributed by atoms with Crippen LogP contribution in [0.15, 0.2) is 5.16 Å². The number of piperazine rings is 1. The highest BCUT2D eigenvalue weighted by molar-refractivity contribution is 7.91. The van der Waals surface area contributed by atoms with Crippen LogP contribution in [-0.4, -0.2) is 70.4 Å². The van der Waals surface area contributed by atoms with Crippen LogP contribution in [-0.2, 0) is 14.6 Å². The Morgan fingerprint density at radius 1 is 1.20 bits per heavy atom. The number of halogens is 2. The smallest absolute Gasteiger partial charge is 0.410 e. The monoisotopic (exact) mass is 525 g/mol. The van der Waals surface area contributed by atoms with E-state index in [0.29, 0.717) is 29.9 Å². The van der Waals surface area contributed by atoms with Crippen LogP contribution in [0.5, 0.6) is 0 Å². The maximum absolute atomic E-state index is 15.2. The normalized spacial score (nSPS) is 26.0. The number of fused-ring (bicyclic) bond motifs is 5. The van der Waals surface area contributed by atoms with Gasteiger partial charge in [-0.3, -0.25) is 4.90 Å². The Hall–Kier alpha value is -2.27. The zero-order chi connectivity index (χ0) is 25.4. The second kappa shape index (κ2) is 8.12. The van der Waals surface area contributed by atoms with E-state index in [2.05, 4.69) is 15.0 Å². The van der Waals surface area contributed by atoms with E-state index in [-0.39, 0.29) is 46.6 Å². The number of anilines is 1. The number of rotatable bonds is 2. The van der Waals surface area contributed by atoms with E-state index < -0.39 is 26.4 Å². The van der Waals surface area contributed by atoms with E-state index in [9.17, 15) is 13.2 Å². The predicted molar refractivity (Wildman–Crippen MR) is 129 cm³/mol. The Kier molecular flexibility index (Phi) is 5.67. The van der Waals surface area contributed by atoms with Gasteiger partial charge < -0.3 is 9.64 Å². The fourth-order valence-corrected chi connectivity index (χ4v) is 6.50. The van der Waals surface area contributed by atoms with Gasteiger partial charge in [-0.15, -0.1) is 0 Å². The van der Waals surface area contributed by atoms with Crippen molar-refractivity contribution in [2.24, 2.45) is 0 Å². The van der Waals surface area contributed by atoms with Gasteiger partial charge in [-0.2, -0.15) is 0 Å². The summed E-state index contributed by atoms with van der Waals surface area (Å²) in [6, 6.07) is -0.469. The van der Waals surface area contributed by atoms with Crippen molar-refractivity contribution in [2.45, 2.75) is 88.7 Å². The molecule has 2 aromatic heterocycles. The Bertz CT molecular complexity index is 1330. The zero-order valence-electron chi connectivity index (χ0n) is 20.4. The Balaban J connectivity index is 1.69. The van der Waals surface area contributed by atoms with Crippen molar-refractivity contribution in [1.29, 1.82) is 0 Å². The second-order valence-electron chi connectivity index (χ2n) is 10.6. The van der Waals surface area contributed by atoms with E-state index >= 15 is 4.39 Å². The highest BCUT2D eigenvalue weighted by atomic mass is 35.5. The van der Waals surface area contributed by atoms with Crippen LogP contribution >= 0.6 is 11.6 Å². The first-order valence-corrected chi connectivity index (χ1v) is 13.9. The number of hydrogen-bond acceptors (Lipinski definition) is 8. The molecule has 2 saturated heterocycles. The first-order valence-electron chi connectivity index (χ1n) is 11.9. The summed E-state index contributed by atoms with van der Waals surface area (Å²) in [6.07, 6.45) is 1.82. The number of ether oxygens (including phenoxy) is 1. The van der Waals surface area contributed by atoms with Crippen molar-refractivity contribution in [2.75, 3.05) is 17.2 Å². The first-order chi connectivity index (χ1) is 16.3. The molecule has 0 saturated carbocycles. The van der Waals surface area contributed by atoms with Crippen molar-refractivity contribution < 1.29 is 22.3 Å². The molecule has 5 rings (SSSR count). The van der Waals surface area contributed by atoms with Crippen molar-refractivity contribution in [3.05, 3.63) is 16.7 Å². The van der Waals surface area contributed by atoms with Crippen LogP contribution in [0.2, 0.25) is 5.15 Å². The molecule has 4 atom stereocenters. The van der Waals surface area contributed by atoms with Gasteiger partial charge in [0.15, 0.2) is 11.0 Å². The number of pyridine rings is 1. The molecule has 0 unspecified atom stereocenters. The van der Waals surface area contributed by atoms with E-state index in [4.69, 9.17) is 16.3 Å².